The number of nitrogens with one attached hydrogen (secondary N) is 1. The molecule has 1 N–H and O–H groups in total. The molecule has 2 aromatic carbocycles. The second kappa shape index (κ2) is 8.39. The number of carbonyl (C=O) groups excluding carboxylic acids is 1. The van der Waals surface area contributed by atoms with E-state index in [1.165, 1.54) is 0 Å². The molecule has 5 nitrogen and oxygen atoms in total. The third-order valence-electron chi connectivity index (χ3n) is 3.70. The van der Waals surface area contributed by atoms with Gasteiger partial charge in [-0.05, 0) is 41.2 Å². The van der Waals surface area contributed by atoms with E-state index in [0.717, 1.165) is 34.1 Å². The summed E-state index contributed by atoms with van der Waals surface area (Å²) >= 11 is 1.13. The molecule has 0 aliphatic heterocycles. The van der Waals surface area contributed by atoms with Gasteiger partial charge >= 0.3 is 0 Å². The van der Waals surface area contributed by atoms with E-state index < -0.39 is 0 Å². The van der Waals surface area contributed by atoms with Gasteiger partial charge in [0.25, 0.3) is 5.91 Å². The fraction of sp³-hybridized carbons (Fsp3) is 0.211. The highest BCUT2D eigenvalue weighted by Crippen LogP contribution is 2.16. The van der Waals surface area contributed by atoms with Gasteiger partial charge in [0.1, 0.15) is 17.2 Å². The van der Waals surface area contributed by atoms with Crippen molar-refractivity contribution in [3.8, 4) is 5.75 Å². The van der Waals surface area contributed by atoms with Crippen LogP contribution in [-0.2, 0) is 19.6 Å². The van der Waals surface area contributed by atoms with Gasteiger partial charge in [-0.25, -0.2) is 0 Å². The lowest BCUT2D eigenvalue weighted by Crippen LogP contribution is -2.22. The Morgan fingerprint density at radius 1 is 1.12 bits per heavy atom. The molecule has 0 saturated heterocycles. The standard InChI is InChI=1S/C19H19N3O2S/c1-2-17-18(25-22-21-17)19(23)20-12-15-9-6-10-16(11-15)24-13-14-7-4-3-5-8-14/h3-11H,2,12-13H2,1H3,(H,20,23). The normalized spacial score (nSPS) is 10.4. The molecule has 1 amide bonds. The summed E-state index contributed by atoms with van der Waals surface area (Å²) in [6.07, 6.45) is 0.696. The van der Waals surface area contributed by atoms with E-state index in [0.29, 0.717) is 24.4 Å². The number of rotatable bonds is 7. The van der Waals surface area contributed by atoms with Gasteiger partial charge in [0.2, 0.25) is 0 Å². The van der Waals surface area contributed by atoms with E-state index in [-0.39, 0.29) is 5.91 Å². The molecule has 128 valence electrons. The summed E-state index contributed by atoms with van der Waals surface area (Å²) in [7, 11) is 0. The molecule has 0 unspecified atom stereocenters. The minimum absolute atomic E-state index is 0.137. The van der Waals surface area contributed by atoms with E-state index in [1.807, 2.05) is 61.5 Å². The van der Waals surface area contributed by atoms with Crippen LogP contribution in [0.15, 0.2) is 54.6 Å². The molecule has 0 aliphatic carbocycles. The minimum atomic E-state index is -0.137. The maximum absolute atomic E-state index is 12.2. The quantitative estimate of drug-likeness (QED) is 0.705. The van der Waals surface area contributed by atoms with Gasteiger partial charge in [0, 0.05) is 6.54 Å². The number of ether oxygens (including phenoxy) is 1. The Kier molecular flexibility index (Phi) is 5.74. The Morgan fingerprint density at radius 3 is 2.72 bits per heavy atom. The van der Waals surface area contributed by atoms with E-state index in [9.17, 15) is 4.79 Å². The fourth-order valence-electron chi connectivity index (χ4n) is 2.36. The Balaban J connectivity index is 1.57. The van der Waals surface area contributed by atoms with E-state index in [1.54, 1.807) is 0 Å². The number of aryl methyl sites for hydroxylation is 1. The molecule has 3 rings (SSSR count). The summed E-state index contributed by atoms with van der Waals surface area (Å²) in [5.41, 5.74) is 2.84. The van der Waals surface area contributed by atoms with Crippen molar-refractivity contribution in [2.24, 2.45) is 0 Å². The first-order chi connectivity index (χ1) is 12.3. The van der Waals surface area contributed by atoms with Crippen LogP contribution in [0.3, 0.4) is 0 Å². The SMILES string of the molecule is CCc1nnsc1C(=O)NCc1cccc(OCc2ccccc2)c1. The number of nitrogens with zero attached hydrogens (tertiary/aromatic N) is 2. The molecule has 6 heteroatoms. The first kappa shape index (κ1) is 17.1. The topological polar surface area (TPSA) is 64.1 Å². The van der Waals surface area contributed by atoms with Crippen LogP contribution in [0.1, 0.15) is 33.4 Å². The maximum atomic E-state index is 12.2. The molecule has 0 atom stereocenters. The smallest absolute Gasteiger partial charge is 0.265 e. The fourth-order valence-corrected chi connectivity index (χ4v) is 3.03. The van der Waals surface area contributed by atoms with Gasteiger partial charge in [-0.2, -0.15) is 0 Å². The first-order valence-electron chi connectivity index (χ1n) is 8.11. The third kappa shape index (κ3) is 4.64. The van der Waals surface area contributed by atoms with E-state index in [4.69, 9.17) is 4.74 Å². The van der Waals surface area contributed by atoms with Crippen LogP contribution in [0.5, 0.6) is 5.75 Å². The van der Waals surface area contributed by atoms with Crippen LogP contribution in [0.2, 0.25) is 0 Å². The molecule has 1 aromatic heterocycles. The first-order valence-corrected chi connectivity index (χ1v) is 8.88. The molecule has 0 radical (unpaired) electrons. The molecule has 0 spiro atoms. The Bertz CT molecular complexity index is 833. The summed E-state index contributed by atoms with van der Waals surface area (Å²) < 4.78 is 9.66. The van der Waals surface area contributed by atoms with Gasteiger partial charge in [0.05, 0.1) is 5.69 Å². The molecule has 0 bridgehead atoms. The van der Waals surface area contributed by atoms with E-state index in [2.05, 4.69) is 14.9 Å². The number of hydrogen-bond acceptors (Lipinski definition) is 5. The number of hydrogen-bond donors (Lipinski definition) is 1. The van der Waals surface area contributed by atoms with Gasteiger partial charge in [-0.3, -0.25) is 4.79 Å². The van der Waals surface area contributed by atoms with Crippen molar-refractivity contribution in [1.29, 1.82) is 0 Å². The summed E-state index contributed by atoms with van der Waals surface area (Å²) in [6.45, 7) is 2.91. The lowest BCUT2D eigenvalue weighted by atomic mass is 10.2. The predicted molar refractivity (Wildman–Crippen MR) is 97.7 cm³/mol. The van der Waals surface area contributed by atoms with Crippen molar-refractivity contribution in [2.45, 2.75) is 26.5 Å². The van der Waals surface area contributed by atoms with Crippen molar-refractivity contribution >= 4 is 17.4 Å². The van der Waals surface area contributed by atoms with Gasteiger partial charge < -0.3 is 10.1 Å². The van der Waals surface area contributed by atoms with Crippen LogP contribution in [0.4, 0.5) is 0 Å². The van der Waals surface area contributed by atoms with Crippen LogP contribution >= 0.6 is 11.5 Å². The van der Waals surface area contributed by atoms with Crippen molar-refractivity contribution in [2.75, 3.05) is 0 Å². The Morgan fingerprint density at radius 2 is 1.92 bits per heavy atom. The molecule has 0 fully saturated rings. The van der Waals surface area contributed by atoms with Crippen LogP contribution in [0.25, 0.3) is 0 Å². The molecular weight excluding hydrogens is 334 g/mol. The molecule has 3 aromatic rings. The number of amides is 1. The second-order valence-electron chi connectivity index (χ2n) is 5.51. The largest absolute Gasteiger partial charge is 0.489 e. The average Bonchev–Trinajstić information content (AvgIpc) is 3.14. The van der Waals surface area contributed by atoms with Gasteiger partial charge in [-0.15, -0.1) is 5.10 Å². The zero-order chi connectivity index (χ0) is 17.5. The molecule has 25 heavy (non-hydrogen) atoms. The summed E-state index contributed by atoms with van der Waals surface area (Å²) in [4.78, 5) is 12.8. The summed E-state index contributed by atoms with van der Waals surface area (Å²) in [5, 5.41) is 6.88. The van der Waals surface area contributed by atoms with Crippen molar-refractivity contribution in [1.82, 2.24) is 14.9 Å². The Labute approximate surface area is 150 Å². The molecule has 1 heterocycles. The highest BCUT2D eigenvalue weighted by Gasteiger charge is 2.14. The van der Waals surface area contributed by atoms with Crippen molar-refractivity contribution in [3.05, 3.63) is 76.3 Å². The van der Waals surface area contributed by atoms with Crippen molar-refractivity contribution in [3.63, 3.8) is 0 Å². The third-order valence-corrected chi connectivity index (χ3v) is 4.46. The lowest BCUT2D eigenvalue weighted by molar-refractivity contribution is 0.0954. The highest BCUT2D eigenvalue weighted by atomic mass is 32.1. The maximum Gasteiger partial charge on any atom is 0.265 e. The summed E-state index contributed by atoms with van der Waals surface area (Å²) in [5.74, 6) is 0.645. The average molecular weight is 353 g/mol. The number of aromatic nitrogens is 2. The summed E-state index contributed by atoms with van der Waals surface area (Å²) in [6, 6.07) is 17.7. The highest BCUT2D eigenvalue weighted by molar-refractivity contribution is 7.08. The second-order valence-corrected chi connectivity index (χ2v) is 6.26. The van der Waals surface area contributed by atoms with E-state index >= 15 is 0 Å². The van der Waals surface area contributed by atoms with Crippen molar-refractivity contribution < 1.29 is 9.53 Å². The lowest BCUT2D eigenvalue weighted by Gasteiger charge is -2.09. The van der Waals surface area contributed by atoms with Crippen LogP contribution in [0, 0.1) is 0 Å². The monoisotopic (exact) mass is 353 g/mol. The zero-order valence-corrected chi connectivity index (χ0v) is 14.8. The Hall–Kier alpha value is -2.73. The van der Waals surface area contributed by atoms with Gasteiger partial charge in [-0.1, -0.05) is 53.9 Å². The number of benzene rings is 2. The minimum Gasteiger partial charge on any atom is -0.489 e. The zero-order valence-electron chi connectivity index (χ0n) is 13.9. The van der Waals surface area contributed by atoms with Crippen LogP contribution in [-0.4, -0.2) is 15.5 Å². The molecular formula is C19H19N3O2S. The number of carbonyl (C=O) groups is 1. The molecule has 0 aliphatic rings. The predicted octanol–water partition coefficient (Wildman–Crippen LogP) is 3.61. The molecule has 0 saturated carbocycles. The van der Waals surface area contributed by atoms with Gasteiger partial charge in [0.15, 0.2) is 0 Å². The van der Waals surface area contributed by atoms with Crippen LogP contribution < -0.4 is 10.1 Å².